The molecule has 1 aliphatic rings. The van der Waals surface area contributed by atoms with E-state index < -0.39 is 0 Å². The maximum Gasteiger partial charge on any atom is 0.145 e. The van der Waals surface area contributed by atoms with Crippen molar-refractivity contribution < 1.29 is 4.74 Å². The molecule has 1 N–H and O–H groups in total. The number of pyridine rings is 1. The predicted molar refractivity (Wildman–Crippen MR) is 75.5 cm³/mol. The number of nitrogens with one attached hydrogen (secondary N) is 1. The van der Waals surface area contributed by atoms with Gasteiger partial charge in [-0.15, -0.1) is 12.4 Å². The molecule has 0 spiro atoms. The molecule has 4 heteroatoms. The highest BCUT2D eigenvalue weighted by Crippen LogP contribution is 2.26. The second kappa shape index (κ2) is 6.03. The van der Waals surface area contributed by atoms with Crippen molar-refractivity contribution in [1.82, 2.24) is 10.3 Å². The van der Waals surface area contributed by atoms with E-state index in [-0.39, 0.29) is 12.4 Å². The lowest BCUT2D eigenvalue weighted by Gasteiger charge is -2.24. The van der Waals surface area contributed by atoms with Crippen molar-refractivity contribution in [3.8, 4) is 5.75 Å². The molecule has 0 radical (unpaired) electrons. The molecule has 1 aliphatic heterocycles. The fourth-order valence-electron chi connectivity index (χ4n) is 2.28. The second-order valence-electron chi connectivity index (χ2n) is 4.43. The molecule has 1 saturated heterocycles. The van der Waals surface area contributed by atoms with Gasteiger partial charge in [0.15, 0.2) is 0 Å². The molecule has 96 valence electrons. The minimum Gasteiger partial charge on any atom is -0.488 e. The van der Waals surface area contributed by atoms with Gasteiger partial charge in [-0.1, -0.05) is 24.3 Å². The molecule has 0 atom stereocenters. The van der Waals surface area contributed by atoms with Crippen LogP contribution in [-0.4, -0.2) is 24.2 Å². The summed E-state index contributed by atoms with van der Waals surface area (Å²) < 4.78 is 6.07. The Morgan fingerprint density at radius 1 is 1.11 bits per heavy atom. The Hall–Kier alpha value is -1.32. The molecule has 3 nitrogen and oxygen atoms in total. The average molecular weight is 265 g/mol. The van der Waals surface area contributed by atoms with E-state index in [4.69, 9.17) is 4.74 Å². The van der Waals surface area contributed by atoms with Gasteiger partial charge in [0.05, 0.1) is 6.20 Å². The van der Waals surface area contributed by atoms with Gasteiger partial charge in [-0.05, 0) is 25.9 Å². The Morgan fingerprint density at radius 2 is 1.89 bits per heavy atom. The Bertz CT molecular complexity index is 507. The summed E-state index contributed by atoms with van der Waals surface area (Å²) in [5.74, 6) is 0.912. The van der Waals surface area contributed by atoms with E-state index in [9.17, 15) is 0 Å². The van der Waals surface area contributed by atoms with E-state index in [1.807, 2.05) is 24.5 Å². The first kappa shape index (κ1) is 13.1. The first-order chi connectivity index (χ1) is 8.43. The molecular weight excluding hydrogens is 248 g/mol. The highest BCUT2D eigenvalue weighted by atomic mass is 35.5. The zero-order valence-electron chi connectivity index (χ0n) is 10.1. The maximum atomic E-state index is 6.07. The monoisotopic (exact) mass is 264 g/mol. The zero-order valence-corrected chi connectivity index (χ0v) is 11.0. The molecule has 0 amide bonds. The van der Waals surface area contributed by atoms with E-state index in [0.717, 1.165) is 42.5 Å². The summed E-state index contributed by atoms with van der Waals surface area (Å²) in [4.78, 5) is 4.24. The van der Waals surface area contributed by atoms with Gasteiger partial charge in [-0.25, -0.2) is 0 Å². The van der Waals surface area contributed by atoms with Gasteiger partial charge in [0.2, 0.25) is 0 Å². The highest BCUT2D eigenvalue weighted by Gasteiger charge is 2.15. The Balaban J connectivity index is 0.00000120. The van der Waals surface area contributed by atoms with E-state index in [0.29, 0.717) is 6.10 Å². The summed E-state index contributed by atoms with van der Waals surface area (Å²) in [6.45, 7) is 2.09. The van der Waals surface area contributed by atoms with Gasteiger partial charge in [-0.3, -0.25) is 4.98 Å². The molecule has 0 saturated carbocycles. The van der Waals surface area contributed by atoms with Crippen LogP contribution >= 0.6 is 12.4 Å². The minimum atomic E-state index is 0. The summed E-state index contributed by atoms with van der Waals surface area (Å²) >= 11 is 0. The van der Waals surface area contributed by atoms with E-state index in [1.165, 1.54) is 0 Å². The van der Waals surface area contributed by atoms with Crippen LogP contribution in [0.3, 0.4) is 0 Å². The van der Waals surface area contributed by atoms with E-state index in [1.54, 1.807) is 0 Å². The van der Waals surface area contributed by atoms with Crippen LogP contribution in [0, 0.1) is 0 Å². The summed E-state index contributed by atoms with van der Waals surface area (Å²) in [6, 6.07) is 8.22. The number of piperidine rings is 1. The Labute approximate surface area is 113 Å². The van der Waals surface area contributed by atoms with Crippen molar-refractivity contribution in [3.63, 3.8) is 0 Å². The van der Waals surface area contributed by atoms with Crippen LogP contribution in [0.1, 0.15) is 12.8 Å². The molecule has 1 aromatic carbocycles. The molecule has 3 rings (SSSR count). The molecule has 2 heterocycles. The number of halogens is 1. The summed E-state index contributed by atoms with van der Waals surface area (Å²) in [6.07, 6.45) is 6.17. The third-order valence-electron chi connectivity index (χ3n) is 3.21. The first-order valence-corrected chi connectivity index (χ1v) is 6.13. The van der Waals surface area contributed by atoms with Crippen LogP contribution in [0.4, 0.5) is 0 Å². The second-order valence-corrected chi connectivity index (χ2v) is 4.43. The molecule has 0 bridgehead atoms. The van der Waals surface area contributed by atoms with Crippen molar-refractivity contribution in [3.05, 3.63) is 36.7 Å². The molecule has 2 aromatic rings. The molecule has 0 unspecified atom stereocenters. The van der Waals surface area contributed by atoms with E-state index >= 15 is 0 Å². The lowest BCUT2D eigenvalue weighted by molar-refractivity contribution is 0.164. The quantitative estimate of drug-likeness (QED) is 0.906. The van der Waals surface area contributed by atoms with Gasteiger partial charge in [0.1, 0.15) is 11.9 Å². The van der Waals surface area contributed by atoms with Crippen molar-refractivity contribution in [2.45, 2.75) is 18.9 Å². The summed E-state index contributed by atoms with van der Waals surface area (Å²) in [5.41, 5.74) is 0. The fourth-order valence-corrected chi connectivity index (χ4v) is 2.28. The molecule has 18 heavy (non-hydrogen) atoms. The number of ether oxygens (including phenoxy) is 1. The maximum absolute atomic E-state index is 6.07. The van der Waals surface area contributed by atoms with Crippen molar-refractivity contribution in [2.75, 3.05) is 13.1 Å². The Morgan fingerprint density at radius 3 is 2.72 bits per heavy atom. The number of benzene rings is 1. The number of hydrogen-bond donors (Lipinski definition) is 1. The van der Waals surface area contributed by atoms with Crippen LogP contribution in [0.25, 0.3) is 10.8 Å². The lowest BCUT2D eigenvalue weighted by Crippen LogP contribution is -2.34. The minimum absolute atomic E-state index is 0. The summed E-state index contributed by atoms with van der Waals surface area (Å²) in [5, 5.41) is 5.63. The SMILES string of the molecule is Cl.c1ccc2c(OC3CCNCC3)cncc2c1. The van der Waals surface area contributed by atoms with Crippen molar-refractivity contribution >= 4 is 23.2 Å². The van der Waals surface area contributed by atoms with Gasteiger partial charge >= 0.3 is 0 Å². The standard InChI is InChI=1S/C14H16N2O.ClH/c1-2-4-13-11(3-1)9-16-10-14(13)17-12-5-7-15-8-6-12;/h1-4,9-10,12,15H,5-8H2;1H. The van der Waals surface area contributed by atoms with Gasteiger partial charge in [0.25, 0.3) is 0 Å². The van der Waals surface area contributed by atoms with Gasteiger partial charge in [0, 0.05) is 17.0 Å². The summed E-state index contributed by atoms with van der Waals surface area (Å²) in [7, 11) is 0. The number of rotatable bonds is 2. The number of fused-ring (bicyclic) bond motifs is 1. The van der Waals surface area contributed by atoms with Gasteiger partial charge in [-0.2, -0.15) is 0 Å². The van der Waals surface area contributed by atoms with Crippen molar-refractivity contribution in [1.29, 1.82) is 0 Å². The van der Waals surface area contributed by atoms with Crippen LogP contribution in [0.2, 0.25) is 0 Å². The smallest absolute Gasteiger partial charge is 0.145 e. The van der Waals surface area contributed by atoms with Crippen LogP contribution < -0.4 is 10.1 Å². The lowest BCUT2D eigenvalue weighted by atomic mass is 10.1. The highest BCUT2D eigenvalue weighted by molar-refractivity contribution is 5.87. The average Bonchev–Trinajstić information content (AvgIpc) is 2.40. The van der Waals surface area contributed by atoms with Crippen LogP contribution in [0.15, 0.2) is 36.7 Å². The van der Waals surface area contributed by atoms with Crippen molar-refractivity contribution in [2.24, 2.45) is 0 Å². The normalized spacial score (nSPS) is 16.2. The van der Waals surface area contributed by atoms with Crippen LogP contribution in [0.5, 0.6) is 5.75 Å². The number of aromatic nitrogens is 1. The molecule has 1 fully saturated rings. The Kier molecular flexibility index (Phi) is 4.39. The topological polar surface area (TPSA) is 34.1 Å². The third-order valence-corrected chi connectivity index (χ3v) is 3.21. The number of nitrogens with zero attached hydrogens (tertiary/aromatic N) is 1. The van der Waals surface area contributed by atoms with Gasteiger partial charge < -0.3 is 10.1 Å². The predicted octanol–water partition coefficient (Wildman–Crippen LogP) is 2.79. The molecular formula is C14H17ClN2O. The van der Waals surface area contributed by atoms with E-state index in [2.05, 4.69) is 22.4 Å². The molecule has 0 aliphatic carbocycles. The fraction of sp³-hybridized carbons (Fsp3) is 0.357. The zero-order chi connectivity index (χ0) is 11.5. The third kappa shape index (κ3) is 2.74. The van der Waals surface area contributed by atoms with Crippen LogP contribution in [-0.2, 0) is 0 Å². The molecule has 1 aromatic heterocycles. The number of hydrogen-bond acceptors (Lipinski definition) is 3. The first-order valence-electron chi connectivity index (χ1n) is 6.13. The largest absolute Gasteiger partial charge is 0.488 e.